The Bertz CT molecular complexity index is 374. The van der Waals surface area contributed by atoms with E-state index in [0.717, 1.165) is 6.42 Å². The number of hydrogen-bond donors (Lipinski definition) is 1. The lowest BCUT2D eigenvalue weighted by Gasteiger charge is -2.21. The van der Waals surface area contributed by atoms with Crippen LogP contribution < -0.4 is 0 Å². The molecule has 88 valence electrons. The molecule has 0 radical (unpaired) electrons. The van der Waals surface area contributed by atoms with Gasteiger partial charge in [-0.1, -0.05) is 6.07 Å². The molecule has 4 atom stereocenters. The van der Waals surface area contributed by atoms with Crippen LogP contribution in [0.1, 0.15) is 31.1 Å². The van der Waals surface area contributed by atoms with Gasteiger partial charge in [0.15, 0.2) is 5.79 Å². The summed E-state index contributed by atoms with van der Waals surface area (Å²) in [4.78, 5) is 1.29. The third-order valence-corrected chi connectivity index (χ3v) is 4.35. The van der Waals surface area contributed by atoms with E-state index < -0.39 is 11.9 Å². The topological polar surface area (TPSA) is 38.7 Å². The Morgan fingerprint density at radius 3 is 2.81 bits per heavy atom. The van der Waals surface area contributed by atoms with Crippen LogP contribution in [0.15, 0.2) is 17.5 Å². The van der Waals surface area contributed by atoms with Crippen LogP contribution in [0, 0.1) is 0 Å². The molecular formula is C12H16O3S. The van der Waals surface area contributed by atoms with Gasteiger partial charge in [0.2, 0.25) is 0 Å². The first-order chi connectivity index (χ1) is 7.57. The quantitative estimate of drug-likeness (QED) is 0.817. The van der Waals surface area contributed by atoms with E-state index in [4.69, 9.17) is 9.47 Å². The van der Waals surface area contributed by atoms with Gasteiger partial charge in [-0.3, -0.25) is 0 Å². The van der Waals surface area contributed by atoms with Crippen LogP contribution in [0.25, 0.3) is 0 Å². The lowest BCUT2D eigenvalue weighted by molar-refractivity contribution is -0.163. The zero-order valence-electron chi connectivity index (χ0n) is 9.42. The maximum atomic E-state index is 10.0. The van der Waals surface area contributed by atoms with Gasteiger partial charge in [0, 0.05) is 10.8 Å². The number of hydrogen-bond acceptors (Lipinski definition) is 4. The second-order valence-corrected chi connectivity index (χ2v) is 5.97. The molecule has 2 heterocycles. The molecule has 1 aromatic heterocycles. The molecule has 1 aromatic rings. The zero-order valence-corrected chi connectivity index (χ0v) is 10.2. The minimum atomic E-state index is -0.563. The van der Waals surface area contributed by atoms with Crippen molar-refractivity contribution < 1.29 is 14.6 Å². The smallest absolute Gasteiger partial charge is 0.163 e. The molecule has 1 aliphatic heterocycles. The van der Waals surface area contributed by atoms with Gasteiger partial charge in [-0.15, -0.1) is 11.3 Å². The van der Waals surface area contributed by atoms with Crippen LogP contribution in [0.3, 0.4) is 0 Å². The first kappa shape index (κ1) is 10.7. The number of thiophene rings is 1. The van der Waals surface area contributed by atoms with Gasteiger partial charge in [-0.05, 0) is 31.7 Å². The first-order valence-corrected chi connectivity index (χ1v) is 6.52. The van der Waals surface area contributed by atoms with Crippen LogP contribution in [-0.2, 0) is 9.47 Å². The molecule has 2 fully saturated rings. The molecule has 1 saturated carbocycles. The molecule has 0 unspecified atom stereocenters. The van der Waals surface area contributed by atoms with Crippen molar-refractivity contribution in [3.63, 3.8) is 0 Å². The molecule has 3 nitrogen and oxygen atoms in total. The van der Waals surface area contributed by atoms with Gasteiger partial charge in [0.1, 0.15) is 6.10 Å². The van der Waals surface area contributed by atoms with Crippen LogP contribution in [-0.4, -0.2) is 29.2 Å². The summed E-state index contributed by atoms with van der Waals surface area (Å²) in [5.74, 6) is -0.284. The molecule has 4 heteroatoms. The maximum absolute atomic E-state index is 10.0. The van der Waals surface area contributed by atoms with Crippen LogP contribution in [0.4, 0.5) is 0 Å². The predicted molar refractivity (Wildman–Crippen MR) is 61.5 cm³/mol. The average Bonchev–Trinajstić information content (AvgIpc) is 2.84. The van der Waals surface area contributed by atoms with Crippen molar-refractivity contribution in [1.82, 2.24) is 0 Å². The Morgan fingerprint density at radius 2 is 2.12 bits per heavy atom. The van der Waals surface area contributed by atoms with Gasteiger partial charge < -0.3 is 14.6 Å². The number of aliphatic hydroxyl groups excluding tert-OH is 1. The number of aliphatic hydroxyl groups is 1. The molecule has 0 aromatic carbocycles. The summed E-state index contributed by atoms with van der Waals surface area (Å²) in [5.41, 5.74) is 0. The first-order valence-electron chi connectivity index (χ1n) is 5.64. The van der Waals surface area contributed by atoms with E-state index >= 15 is 0 Å². The van der Waals surface area contributed by atoms with Crippen molar-refractivity contribution in [2.75, 3.05) is 0 Å². The number of fused-ring (bicyclic) bond motifs is 1. The molecular weight excluding hydrogens is 224 g/mol. The van der Waals surface area contributed by atoms with Crippen LogP contribution >= 0.6 is 11.3 Å². The van der Waals surface area contributed by atoms with Crippen LogP contribution in [0.5, 0.6) is 0 Å². The largest absolute Gasteiger partial charge is 0.390 e. The summed E-state index contributed by atoms with van der Waals surface area (Å²) in [5, 5.41) is 12.1. The Kier molecular flexibility index (Phi) is 2.37. The maximum Gasteiger partial charge on any atom is 0.163 e. The Labute approximate surface area is 99.0 Å². The Balaban J connectivity index is 1.88. The molecule has 1 aliphatic carbocycles. The zero-order chi connectivity index (χ0) is 11.3. The molecule has 16 heavy (non-hydrogen) atoms. The Hall–Kier alpha value is -0.420. The Morgan fingerprint density at radius 1 is 1.38 bits per heavy atom. The molecule has 0 amide bonds. The lowest BCUT2D eigenvalue weighted by atomic mass is 10.0. The number of ether oxygens (including phenoxy) is 2. The van der Waals surface area contributed by atoms with Crippen molar-refractivity contribution in [1.29, 1.82) is 0 Å². The summed E-state index contributed by atoms with van der Waals surface area (Å²) in [6.45, 7) is 3.81. The van der Waals surface area contributed by atoms with Crippen molar-refractivity contribution in [2.24, 2.45) is 0 Å². The second-order valence-electron chi connectivity index (χ2n) is 4.99. The fraction of sp³-hybridized carbons (Fsp3) is 0.667. The molecule has 0 bridgehead atoms. The summed E-state index contributed by atoms with van der Waals surface area (Å²) < 4.78 is 11.6. The third kappa shape index (κ3) is 1.61. The normalized spacial score (nSPS) is 41.2. The van der Waals surface area contributed by atoms with Crippen molar-refractivity contribution >= 4 is 11.3 Å². The second kappa shape index (κ2) is 3.53. The average molecular weight is 240 g/mol. The van der Waals surface area contributed by atoms with E-state index in [0.29, 0.717) is 0 Å². The molecule has 2 aliphatic rings. The summed E-state index contributed by atoms with van der Waals surface area (Å²) in [7, 11) is 0. The monoisotopic (exact) mass is 240 g/mol. The fourth-order valence-electron chi connectivity index (χ4n) is 2.73. The molecule has 0 spiro atoms. The van der Waals surface area contributed by atoms with Gasteiger partial charge in [0.05, 0.1) is 12.2 Å². The van der Waals surface area contributed by atoms with Crippen molar-refractivity contribution in [3.05, 3.63) is 22.4 Å². The minimum Gasteiger partial charge on any atom is -0.390 e. The highest BCUT2D eigenvalue weighted by Gasteiger charge is 2.54. The van der Waals surface area contributed by atoms with Gasteiger partial charge in [-0.25, -0.2) is 0 Å². The van der Waals surface area contributed by atoms with Gasteiger partial charge in [0.25, 0.3) is 0 Å². The van der Waals surface area contributed by atoms with Gasteiger partial charge in [-0.2, -0.15) is 0 Å². The van der Waals surface area contributed by atoms with Crippen molar-refractivity contribution in [3.8, 4) is 0 Å². The highest BCUT2D eigenvalue weighted by molar-refractivity contribution is 7.10. The molecule has 1 saturated heterocycles. The fourth-order valence-corrected chi connectivity index (χ4v) is 3.61. The third-order valence-electron chi connectivity index (χ3n) is 3.34. The van der Waals surface area contributed by atoms with E-state index in [1.165, 1.54) is 4.88 Å². The van der Waals surface area contributed by atoms with E-state index in [9.17, 15) is 5.11 Å². The number of rotatable bonds is 1. The summed E-state index contributed by atoms with van der Waals surface area (Å²) >= 11 is 1.72. The van der Waals surface area contributed by atoms with E-state index in [-0.39, 0.29) is 18.1 Å². The van der Waals surface area contributed by atoms with E-state index in [1.54, 1.807) is 11.3 Å². The lowest BCUT2D eigenvalue weighted by Crippen LogP contribution is -2.28. The molecule has 3 rings (SSSR count). The van der Waals surface area contributed by atoms with Crippen LogP contribution in [0.2, 0.25) is 0 Å². The van der Waals surface area contributed by atoms with E-state index in [1.807, 2.05) is 19.9 Å². The summed E-state index contributed by atoms with van der Waals surface area (Å²) in [6, 6.07) is 4.15. The SMILES string of the molecule is CC1(C)O[C@@H]2[C@H](O1)[C@@H](c1cccs1)C[C@@H]2O. The molecule has 1 N–H and O–H groups in total. The van der Waals surface area contributed by atoms with Crippen molar-refractivity contribution in [2.45, 2.75) is 50.3 Å². The highest BCUT2D eigenvalue weighted by Crippen LogP contribution is 2.46. The highest BCUT2D eigenvalue weighted by atomic mass is 32.1. The minimum absolute atomic E-state index is 0.00338. The van der Waals surface area contributed by atoms with E-state index in [2.05, 4.69) is 11.4 Å². The van der Waals surface area contributed by atoms with Gasteiger partial charge >= 0.3 is 0 Å². The standard InChI is InChI=1S/C12H16O3S/c1-12(2)14-10-7(9-4-3-5-16-9)6-8(13)11(10)15-12/h3-5,7-8,10-11,13H,6H2,1-2H3/t7-,8+,10-,11+/m1/s1. The predicted octanol–water partition coefficient (Wildman–Crippen LogP) is 2.12. The summed E-state index contributed by atoms with van der Waals surface area (Å²) in [6.07, 6.45) is 0.177.